The summed E-state index contributed by atoms with van der Waals surface area (Å²) in [6.45, 7) is 4.14. The average Bonchev–Trinajstić information content (AvgIpc) is 3.19. The van der Waals surface area contributed by atoms with Crippen molar-refractivity contribution in [3.05, 3.63) is 58.3 Å². The lowest BCUT2D eigenvalue weighted by atomic mass is 9.98. The Morgan fingerprint density at radius 3 is 2.44 bits per heavy atom. The fourth-order valence-corrected chi connectivity index (χ4v) is 4.04. The number of halogens is 2. The van der Waals surface area contributed by atoms with Gasteiger partial charge in [0.05, 0.1) is 25.2 Å². The summed E-state index contributed by atoms with van der Waals surface area (Å²) in [6, 6.07) is 14.1. The second kappa shape index (κ2) is 12.3. The molecular weight excluding hydrogens is 405 g/mol. The van der Waals surface area contributed by atoms with Crippen molar-refractivity contribution in [1.82, 2.24) is 10.2 Å². The topological polar surface area (TPSA) is 67.6 Å². The first-order valence-electron chi connectivity index (χ1n) is 8.67. The monoisotopic (exact) mass is 431 g/mol. The van der Waals surface area contributed by atoms with E-state index in [0.717, 1.165) is 31.9 Å². The third kappa shape index (κ3) is 6.45. The molecule has 27 heavy (non-hydrogen) atoms. The van der Waals surface area contributed by atoms with Crippen LogP contribution < -0.4 is 11.1 Å². The van der Waals surface area contributed by atoms with E-state index >= 15 is 0 Å². The SMILES string of the molecule is Cl.Cl.NCC(C(=O)NCC(c1cccs1)N1CCOCC1)c1ccccc1. The van der Waals surface area contributed by atoms with E-state index in [0.29, 0.717) is 13.1 Å². The van der Waals surface area contributed by atoms with E-state index in [9.17, 15) is 4.79 Å². The van der Waals surface area contributed by atoms with E-state index in [1.165, 1.54) is 4.88 Å². The van der Waals surface area contributed by atoms with Gasteiger partial charge in [-0.2, -0.15) is 0 Å². The first-order chi connectivity index (χ1) is 12.3. The Morgan fingerprint density at radius 2 is 1.85 bits per heavy atom. The van der Waals surface area contributed by atoms with Crippen LogP contribution in [0.25, 0.3) is 0 Å². The lowest BCUT2D eigenvalue weighted by Crippen LogP contribution is -2.44. The summed E-state index contributed by atoms with van der Waals surface area (Å²) in [7, 11) is 0. The molecule has 1 saturated heterocycles. The third-order valence-corrected chi connectivity index (χ3v) is 5.56. The Labute approximate surface area is 177 Å². The van der Waals surface area contributed by atoms with Gasteiger partial charge in [0.15, 0.2) is 0 Å². The number of rotatable bonds is 7. The van der Waals surface area contributed by atoms with Crippen LogP contribution in [0.4, 0.5) is 0 Å². The van der Waals surface area contributed by atoms with Gasteiger partial charge in [0.1, 0.15) is 0 Å². The second-order valence-corrected chi connectivity index (χ2v) is 7.10. The molecule has 2 unspecified atom stereocenters. The maximum atomic E-state index is 12.7. The Kier molecular flexibility index (Phi) is 10.9. The van der Waals surface area contributed by atoms with Gasteiger partial charge in [-0.25, -0.2) is 0 Å². The van der Waals surface area contributed by atoms with Crippen molar-refractivity contribution in [2.45, 2.75) is 12.0 Å². The second-order valence-electron chi connectivity index (χ2n) is 6.12. The number of carbonyl (C=O) groups excluding carboxylic acids is 1. The first-order valence-corrected chi connectivity index (χ1v) is 9.55. The molecule has 0 radical (unpaired) electrons. The molecule has 2 heterocycles. The number of amides is 1. The molecule has 3 rings (SSSR count). The summed E-state index contributed by atoms with van der Waals surface area (Å²) in [4.78, 5) is 16.4. The van der Waals surface area contributed by atoms with Gasteiger partial charge in [-0.15, -0.1) is 36.2 Å². The molecule has 0 saturated carbocycles. The first kappa shape index (κ1) is 23.9. The zero-order chi connectivity index (χ0) is 17.5. The summed E-state index contributed by atoms with van der Waals surface area (Å²) in [5.41, 5.74) is 6.82. The van der Waals surface area contributed by atoms with Gasteiger partial charge >= 0.3 is 0 Å². The van der Waals surface area contributed by atoms with Crippen molar-refractivity contribution in [1.29, 1.82) is 0 Å². The molecule has 2 atom stereocenters. The van der Waals surface area contributed by atoms with Crippen LogP contribution in [-0.4, -0.2) is 50.2 Å². The fraction of sp³-hybridized carbons (Fsp3) is 0.421. The Morgan fingerprint density at radius 1 is 1.15 bits per heavy atom. The average molecular weight is 432 g/mol. The highest BCUT2D eigenvalue weighted by atomic mass is 35.5. The van der Waals surface area contributed by atoms with Crippen LogP contribution >= 0.6 is 36.2 Å². The standard InChI is InChI=1S/C19H25N3O2S.2ClH/c20-13-16(15-5-2-1-3-6-15)19(23)21-14-17(18-7-4-12-25-18)22-8-10-24-11-9-22;;/h1-7,12,16-17H,8-11,13-14,20H2,(H,21,23);2*1H. The van der Waals surface area contributed by atoms with E-state index in [1.54, 1.807) is 11.3 Å². The van der Waals surface area contributed by atoms with E-state index in [-0.39, 0.29) is 42.7 Å². The smallest absolute Gasteiger partial charge is 0.228 e. The van der Waals surface area contributed by atoms with Crippen LogP contribution in [0, 0.1) is 0 Å². The molecule has 0 bridgehead atoms. The van der Waals surface area contributed by atoms with E-state index < -0.39 is 0 Å². The molecular formula is C19H27Cl2N3O2S. The van der Waals surface area contributed by atoms with Crippen LogP contribution in [0.2, 0.25) is 0 Å². The van der Waals surface area contributed by atoms with Gasteiger partial charge in [0.25, 0.3) is 0 Å². The summed E-state index contributed by atoms with van der Waals surface area (Å²) in [6.07, 6.45) is 0. The number of benzene rings is 1. The minimum absolute atomic E-state index is 0. The summed E-state index contributed by atoms with van der Waals surface area (Å²) >= 11 is 1.73. The van der Waals surface area contributed by atoms with Gasteiger partial charge in [-0.1, -0.05) is 36.4 Å². The van der Waals surface area contributed by atoms with Crippen molar-refractivity contribution in [2.75, 3.05) is 39.4 Å². The third-order valence-electron chi connectivity index (χ3n) is 4.58. The number of thiophene rings is 1. The van der Waals surface area contributed by atoms with Gasteiger partial charge in [-0.05, 0) is 17.0 Å². The maximum absolute atomic E-state index is 12.7. The number of hydrogen-bond acceptors (Lipinski definition) is 5. The highest BCUT2D eigenvalue weighted by Gasteiger charge is 2.25. The van der Waals surface area contributed by atoms with E-state index in [1.807, 2.05) is 30.3 Å². The number of nitrogens with two attached hydrogens (primary N) is 1. The van der Waals surface area contributed by atoms with Gasteiger partial charge in [0, 0.05) is 31.1 Å². The van der Waals surface area contributed by atoms with E-state index in [2.05, 4.69) is 27.7 Å². The summed E-state index contributed by atoms with van der Waals surface area (Å²) < 4.78 is 5.46. The predicted octanol–water partition coefficient (Wildman–Crippen LogP) is 2.82. The number of hydrogen-bond donors (Lipinski definition) is 2. The summed E-state index contributed by atoms with van der Waals surface area (Å²) in [5.74, 6) is -0.321. The molecule has 0 spiro atoms. The molecule has 1 aromatic heterocycles. The molecule has 5 nitrogen and oxygen atoms in total. The molecule has 150 valence electrons. The van der Waals surface area contributed by atoms with Crippen LogP contribution in [-0.2, 0) is 9.53 Å². The lowest BCUT2D eigenvalue weighted by molar-refractivity contribution is -0.122. The number of ether oxygens (including phenoxy) is 1. The van der Waals surface area contributed by atoms with Crippen LogP contribution in [0.3, 0.4) is 0 Å². The van der Waals surface area contributed by atoms with E-state index in [4.69, 9.17) is 10.5 Å². The molecule has 1 aliphatic rings. The van der Waals surface area contributed by atoms with Crippen molar-refractivity contribution in [3.63, 3.8) is 0 Å². The Balaban J connectivity index is 0.00000182. The van der Waals surface area contributed by atoms with Crippen molar-refractivity contribution in [2.24, 2.45) is 5.73 Å². The minimum atomic E-state index is -0.310. The molecule has 1 fully saturated rings. The number of nitrogens with one attached hydrogen (secondary N) is 1. The van der Waals surface area contributed by atoms with Gasteiger partial charge in [-0.3, -0.25) is 9.69 Å². The zero-order valence-corrected chi connectivity index (χ0v) is 17.5. The minimum Gasteiger partial charge on any atom is -0.379 e. The molecule has 3 N–H and O–H groups in total. The lowest BCUT2D eigenvalue weighted by Gasteiger charge is -2.34. The molecule has 1 aliphatic heterocycles. The van der Waals surface area contributed by atoms with Crippen molar-refractivity contribution >= 4 is 42.1 Å². The van der Waals surface area contributed by atoms with Gasteiger partial charge < -0.3 is 15.8 Å². The molecule has 0 aliphatic carbocycles. The molecule has 8 heteroatoms. The van der Waals surface area contributed by atoms with Crippen LogP contribution in [0.15, 0.2) is 47.8 Å². The Hall–Kier alpha value is -1.15. The molecule has 1 amide bonds. The van der Waals surface area contributed by atoms with Crippen LogP contribution in [0.5, 0.6) is 0 Å². The summed E-state index contributed by atoms with van der Waals surface area (Å²) in [5, 5.41) is 5.20. The van der Waals surface area contributed by atoms with Gasteiger partial charge in [0.2, 0.25) is 5.91 Å². The zero-order valence-electron chi connectivity index (χ0n) is 15.1. The Bertz CT molecular complexity index is 652. The number of nitrogens with zero attached hydrogens (tertiary/aromatic N) is 1. The van der Waals surface area contributed by atoms with Crippen molar-refractivity contribution < 1.29 is 9.53 Å². The normalized spacial score (nSPS) is 16.5. The number of morpholine rings is 1. The molecule has 1 aromatic carbocycles. The highest BCUT2D eigenvalue weighted by molar-refractivity contribution is 7.10. The molecule has 2 aromatic rings. The maximum Gasteiger partial charge on any atom is 0.228 e. The van der Waals surface area contributed by atoms with Crippen molar-refractivity contribution in [3.8, 4) is 0 Å². The predicted molar refractivity (Wildman–Crippen MR) is 115 cm³/mol. The van der Waals surface area contributed by atoms with Crippen LogP contribution in [0.1, 0.15) is 22.4 Å². The largest absolute Gasteiger partial charge is 0.379 e. The number of carbonyl (C=O) groups is 1. The fourth-order valence-electron chi connectivity index (χ4n) is 3.18. The highest BCUT2D eigenvalue weighted by Crippen LogP contribution is 2.25. The quantitative estimate of drug-likeness (QED) is 0.706.